The predicted octanol–water partition coefficient (Wildman–Crippen LogP) is 5.62. The van der Waals surface area contributed by atoms with Gasteiger partial charge in [-0.15, -0.1) is 0 Å². The highest BCUT2D eigenvalue weighted by Gasteiger charge is 2.64. The van der Waals surface area contributed by atoms with Crippen LogP contribution < -0.4 is 0 Å². The van der Waals surface area contributed by atoms with E-state index in [9.17, 15) is 15.0 Å². The Morgan fingerprint density at radius 2 is 1.73 bits per heavy atom. The van der Waals surface area contributed by atoms with Gasteiger partial charge in [-0.2, -0.15) is 0 Å². The third kappa shape index (κ3) is 3.51. The van der Waals surface area contributed by atoms with E-state index in [0.29, 0.717) is 42.4 Å². The van der Waals surface area contributed by atoms with Crippen LogP contribution in [0.25, 0.3) is 0 Å². The van der Waals surface area contributed by atoms with Crippen molar-refractivity contribution in [1.82, 2.24) is 0 Å². The van der Waals surface area contributed by atoms with Gasteiger partial charge in [-0.3, -0.25) is 4.79 Å². The zero-order valence-electron chi connectivity index (χ0n) is 20.1. The van der Waals surface area contributed by atoms with E-state index in [4.69, 9.17) is 0 Å². The summed E-state index contributed by atoms with van der Waals surface area (Å²) in [6.45, 7) is 11.9. The van der Waals surface area contributed by atoms with Crippen LogP contribution in [0.1, 0.15) is 98.8 Å². The van der Waals surface area contributed by atoms with Crippen LogP contribution in [0.2, 0.25) is 0 Å². The normalized spacial score (nSPS) is 49.5. The summed E-state index contributed by atoms with van der Waals surface area (Å²) in [5.41, 5.74) is 0.137. The molecule has 4 fully saturated rings. The molecular formula is C27H46O3. The summed E-state index contributed by atoms with van der Waals surface area (Å²) >= 11 is 0. The number of aliphatic hydroxyl groups excluding tert-OH is 2. The van der Waals surface area contributed by atoms with Crippen LogP contribution in [-0.4, -0.2) is 28.2 Å². The van der Waals surface area contributed by atoms with Crippen LogP contribution in [-0.2, 0) is 4.79 Å². The van der Waals surface area contributed by atoms with Crippen LogP contribution in [0.3, 0.4) is 0 Å². The van der Waals surface area contributed by atoms with E-state index < -0.39 is 6.10 Å². The summed E-state index contributed by atoms with van der Waals surface area (Å²) in [6.07, 6.45) is 9.66. The lowest BCUT2D eigenvalue weighted by molar-refractivity contribution is -0.199. The van der Waals surface area contributed by atoms with Gasteiger partial charge < -0.3 is 10.2 Å². The van der Waals surface area contributed by atoms with Crippen molar-refractivity contribution < 1.29 is 15.0 Å². The maximum atomic E-state index is 12.2. The smallest absolute Gasteiger partial charge is 0.135 e. The second-order valence-corrected chi connectivity index (χ2v) is 12.6. The Hall–Kier alpha value is -0.410. The average molecular weight is 419 g/mol. The first kappa shape index (κ1) is 22.8. The highest BCUT2D eigenvalue weighted by Crippen LogP contribution is 2.68. The Kier molecular flexibility index (Phi) is 6.21. The second kappa shape index (κ2) is 8.18. The quantitative estimate of drug-likeness (QED) is 0.609. The molecule has 0 aromatic carbocycles. The minimum absolute atomic E-state index is 0.154. The van der Waals surface area contributed by atoms with E-state index in [1.165, 1.54) is 38.5 Å². The molecule has 0 radical (unpaired) electrons. The maximum absolute atomic E-state index is 12.2. The molecule has 0 heterocycles. The van der Waals surface area contributed by atoms with Crippen LogP contribution in [0, 0.1) is 52.3 Å². The van der Waals surface area contributed by atoms with Crippen LogP contribution in [0.4, 0.5) is 0 Å². The molecule has 2 N–H and O–H groups in total. The van der Waals surface area contributed by atoms with Gasteiger partial charge in [-0.1, -0.05) is 53.9 Å². The van der Waals surface area contributed by atoms with E-state index in [2.05, 4.69) is 34.6 Å². The molecule has 0 aromatic rings. The number of rotatable bonds is 5. The highest BCUT2D eigenvalue weighted by atomic mass is 16.3. The Labute approximate surface area is 184 Å². The first-order valence-electron chi connectivity index (χ1n) is 13.0. The van der Waals surface area contributed by atoms with E-state index in [1.54, 1.807) is 0 Å². The van der Waals surface area contributed by atoms with E-state index in [-0.39, 0.29) is 23.2 Å². The van der Waals surface area contributed by atoms with Crippen molar-refractivity contribution in [1.29, 1.82) is 0 Å². The van der Waals surface area contributed by atoms with Crippen molar-refractivity contribution >= 4 is 5.78 Å². The Bertz CT molecular complexity index is 644. The predicted molar refractivity (Wildman–Crippen MR) is 121 cm³/mol. The summed E-state index contributed by atoms with van der Waals surface area (Å²) in [5.74, 6) is 3.91. The van der Waals surface area contributed by atoms with E-state index >= 15 is 0 Å². The zero-order valence-corrected chi connectivity index (χ0v) is 20.1. The number of hydrogen-bond acceptors (Lipinski definition) is 3. The lowest BCUT2D eigenvalue weighted by Gasteiger charge is -2.63. The number of carbonyl (C=O) groups is 1. The van der Waals surface area contributed by atoms with Gasteiger partial charge in [0, 0.05) is 18.3 Å². The topological polar surface area (TPSA) is 57.5 Å². The highest BCUT2D eigenvalue weighted by molar-refractivity contribution is 5.80. The SMILES string of the molecule is CC(C)CCC[C@H](C)[C@@H]1CC[C@H]2[C@H]3C(O)C[C@@H]4CC(=O)CC(O)[C@]4(C)[C@H]3CC[C@@]21C. The number of ketones is 1. The molecule has 172 valence electrons. The van der Waals surface area contributed by atoms with Crippen molar-refractivity contribution in [3.8, 4) is 0 Å². The molecular weight excluding hydrogens is 372 g/mol. The number of carbonyl (C=O) groups excluding carboxylic acids is 1. The molecule has 10 atom stereocenters. The van der Waals surface area contributed by atoms with Gasteiger partial charge >= 0.3 is 0 Å². The molecule has 3 heteroatoms. The van der Waals surface area contributed by atoms with Crippen molar-refractivity contribution in [3.05, 3.63) is 0 Å². The summed E-state index contributed by atoms with van der Waals surface area (Å²) in [4.78, 5) is 12.2. The van der Waals surface area contributed by atoms with Crippen molar-refractivity contribution in [3.63, 3.8) is 0 Å². The lowest BCUT2D eigenvalue weighted by atomic mass is 9.43. The number of fused-ring (bicyclic) bond motifs is 5. The summed E-state index contributed by atoms with van der Waals surface area (Å²) in [7, 11) is 0. The largest absolute Gasteiger partial charge is 0.393 e. The fourth-order valence-corrected chi connectivity index (χ4v) is 9.10. The average Bonchev–Trinajstić information content (AvgIpc) is 3.01. The molecule has 4 saturated carbocycles. The summed E-state index contributed by atoms with van der Waals surface area (Å²) < 4.78 is 0. The third-order valence-corrected chi connectivity index (χ3v) is 10.8. The molecule has 3 nitrogen and oxygen atoms in total. The Morgan fingerprint density at radius 1 is 1.00 bits per heavy atom. The summed E-state index contributed by atoms with van der Waals surface area (Å²) in [6, 6.07) is 0. The molecule has 0 aromatic heterocycles. The molecule has 4 aliphatic carbocycles. The minimum Gasteiger partial charge on any atom is -0.393 e. The minimum atomic E-state index is -0.528. The molecule has 30 heavy (non-hydrogen) atoms. The number of hydrogen-bond donors (Lipinski definition) is 2. The molecule has 0 saturated heterocycles. The fourth-order valence-electron chi connectivity index (χ4n) is 9.10. The molecule has 0 spiro atoms. The van der Waals surface area contributed by atoms with Gasteiger partial charge in [0.2, 0.25) is 0 Å². The van der Waals surface area contributed by atoms with Gasteiger partial charge in [0.05, 0.1) is 12.2 Å². The van der Waals surface area contributed by atoms with Crippen molar-refractivity contribution in [2.45, 2.75) is 111 Å². The molecule has 4 rings (SSSR count). The van der Waals surface area contributed by atoms with Crippen LogP contribution in [0.5, 0.6) is 0 Å². The third-order valence-electron chi connectivity index (χ3n) is 10.8. The Balaban J connectivity index is 1.54. The fraction of sp³-hybridized carbons (Fsp3) is 0.963. The molecule has 2 unspecified atom stereocenters. The van der Waals surface area contributed by atoms with Gasteiger partial charge in [0.1, 0.15) is 5.78 Å². The second-order valence-electron chi connectivity index (χ2n) is 12.6. The number of aliphatic hydroxyl groups is 2. The first-order chi connectivity index (χ1) is 14.1. The van der Waals surface area contributed by atoms with Crippen molar-refractivity contribution in [2.24, 2.45) is 52.3 Å². The maximum Gasteiger partial charge on any atom is 0.135 e. The van der Waals surface area contributed by atoms with E-state index in [0.717, 1.165) is 24.2 Å². The summed E-state index contributed by atoms with van der Waals surface area (Å²) in [5, 5.41) is 22.4. The Morgan fingerprint density at radius 3 is 2.43 bits per heavy atom. The molecule has 4 aliphatic rings. The van der Waals surface area contributed by atoms with Crippen LogP contribution in [0.15, 0.2) is 0 Å². The molecule has 0 aliphatic heterocycles. The first-order valence-corrected chi connectivity index (χ1v) is 13.0. The van der Waals surface area contributed by atoms with Gasteiger partial charge in [0.25, 0.3) is 0 Å². The van der Waals surface area contributed by atoms with Gasteiger partial charge in [-0.25, -0.2) is 0 Å². The lowest BCUT2D eigenvalue weighted by Crippen LogP contribution is -2.62. The van der Waals surface area contributed by atoms with Crippen molar-refractivity contribution in [2.75, 3.05) is 0 Å². The number of Topliss-reactive ketones (excluding diaryl/α,β-unsaturated/α-hetero) is 1. The standard InChI is InChI=1S/C27H46O3/c1-16(2)7-6-8-17(3)20-9-10-21-25-22(11-12-26(20,21)4)27(5)18(14-23(25)29)13-19(28)15-24(27)30/h16-18,20-25,29-30H,6-15H2,1-5H3/t17-,18-,20-,21-,22-,23?,24?,25+,26+,27-/m0/s1. The zero-order chi connectivity index (χ0) is 21.8. The monoisotopic (exact) mass is 418 g/mol. The van der Waals surface area contributed by atoms with Gasteiger partial charge in [0.15, 0.2) is 0 Å². The molecule has 0 amide bonds. The van der Waals surface area contributed by atoms with Crippen LogP contribution >= 0.6 is 0 Å². The molecule has 0 bridgehead atoms. The van der Waals surface area contributed by atoms with E-state index in [1.807, 2.05) is 0 Å². The van der Waals surface area contributed by atoms with Gasteiger partial charge in [-0.05, 0) is 78.9 Å².